The number of alkyl halides is 3. The zero-order valence-corrected chi connectivity index (χ0v) is 17.0. The molecule has 3 aromatic rings. The quantitative estimate of drug-likeness (QED) is 0.465. The number of aliphatic hydroxyl groups is 1. The van der Waals surface area contributed by atoms with Gasteiger partial charge < -0.3 is 15.2 Å². The summed E-state index contributed by atoms with van der Waals surface area (Å²) >= 11 is 0.802. The molecule has 1 aliphatic heterocycles. The first-order valence-electron chi connectivity index (χ1n) is 8.90. The number of amides is 2. The van der Waals surface area contributed by atoms with Gasteiger partial charge in [0, 0.05) is 47.7 Å². The number of nitrogens with zero attached hydrogens (tertiary/aromatic N) is 4. The first-order valence-corrected chi connectivity index (χ1v) is 9.78. The highest BCUT2D eigenvalue weighted by Crippen LogP contribution is 2.38. The van der Waals surface area contributed by atoms with Crippen LogP contribution in [0.3, 0.4) is 0 Å². The van der Waals surface area contributed by atoms with Crippen LogP contribution in [-0.4, -0.2) is 45.4 Å². The van der Waals surface area contributed by atoms with Gasteiger partial charge in [0.15, 0.2) is 5.69 Å². The standard InChI is InChI=1S/C18H14F3N7O3S/c1-22-16(29)26-13-3-10(15-25-12(7-32-15)18(19,20)21)11(6-24-13)8-2-9(5-23-4-8)14-27-28-17(30)31-14/h2-7,17,28,30H,1H3,(H2,22,24,26,29). The maximum Gasteiger partial charge on any atom is 0.434 e. The number of hydrogen-bond donors (Lipinski definition) is 4. The number of anilines is 1. The Hall–Kier alpha value is -3.78. The Morgan fingerprint density at radius 2 is 2.00 bits per heavy atom. The van der Waals surface area contributed by atoms with Crippen LogP contribution in [0.4, 0.5) is 23.8 Å². The summed E-state index contributed by atoms with van der Waals surface area (Å²) in [5.74, 6) is 0.208. The minimum atomic E-state index is -4.60. The average Bonchev–Trinajstić information content (AvgIpc) is 3.43. The van der Waals surface area contributed by atoms with Gasteiger partial charge >= 0.3 is 12.2 Å². The van der Waals surface area contributed by atoms with E-state index in [1.165, 1.54) is 31.7 Å². The van der Waals surface area contributed by atoms with Crippen LogP contribution in [-0.2, 0) is 10.9 Å². The first kappa shape index (κ1) is 21.5. The number of urea groups is 1. The van der Waals surface area contributed by atoms with Crippen LogP contribution in [0.15, 0.2) is 41.2 Å². The fourth-order valence-electron chi connectivity index (χ4n) is 2.75. The molecule has 166 valence electrons. The van der Waals surface area contributed by atoms with Gasteiger partial charge in [-0.3, -0.25) is 10.3 Å². The van der Waals surface area contributed by atoms with Crippen molar-refractivity contribution >= 4 is 29.1 Å². The molecular weight excluding hydrogens is 451 g/mol. The Morgan fingerprint density at radius 1 is 1.22 bits per heavy atom. The van der Waals surface area contributed by atoms with E-state index in [2.05, 4.69) is 36.1 Å². The van der Waals surface area contributed by atoms with E-state index in [1.54, 1.807) is 6.07 Å². The number of aliphatic hydroxyl groups excluding tert-OH is 1. The minimum Gasteiger partial charge on any atom is -0.426 e. The van der Waals surface area contributed by atoms with Crippen LogP contribution >= 0.6 is 11.3 Å². The molecule has 1 atom stereocenters. The lowest BCUT2D eigenvalue weighted by atomic mass is 10.0. The van der Waals surface area contributed by atoms with Gasteiger partial charge in [-0.05, 0) is 12.1 Å². The Morgan fingerprint density at radius 3 is 2.66 bits per heavy atom. The van der Waals surface area contributed by atoms with E-state index in [4.69, 9.17) is 4.74 Å². The number of rotatable bonds is 4. The predicted molar refractivity (Wildman–Crippen MR) is 108 cm³/mol. The van der Waals surface area contributed by atoms with Gasteiger partial charge in [-0.25, -0.2) is 20.2 Å². The van der Waals surface area contributed by atoms with E-state index in [9.17, 15) is 23.1 Å². The lowest BCUT2D eigenvalue weighted by Crippen LogP contribution is -2.24. The van der Waals surface area contributed by atoms with Crippen LogP contribution in [0.5, 0.6) is 0 Å². The maximum absolute atomic E-state index is 13.1. The zero-order valence-electron chi connectivity index (χ0n) is 16.1. The molecule has 32 heavy (non-hydrogen) atoms. The number of carbonyl (C=O) groups excluding carboxylic acids is 1. The molecule has 0 aliphatic carbocycles. The van der Waals surface area contributed by atoms with Gasteiger partial charge in [-0.1, -0.05) is 0 Å². The molecule has 1 unspecified atom stereocenters. The van der Waals surface area contributed by atoms with Gasteiger partial charge in [-0.2, -0.15) is 13.2 Å². The molecule has 0 radical (unpaired) electrons. The Kier molecular flexibility index (Phi) is 5.63. The van der Waals surface area contributed by atoms with E-state index in [0.717, 1.165) is 16.7 Å². The van der Waals surface area contributed by atoms with Gasteiger partial charge in [0.1, 0.15) is 10.8 Å². The van der Waals surface area contributed by atoms with Gasteiger partial charge in [0.05, 0.1) is 5.56 Å². The Bertz CT molecular complexity index is 1200. The normalized spacial score (nSPS) is 15.5. The number of halogens is 3. The molecular formula is C18H14F3N7O3S. The molecule has 0 spiro atoms. The van der Waals surface area contributed by atoms with Crippen molar-refractivity contribution in [3.05, 3.63) is 47.4 Å². The van der Waals surface area contributed by atoms with Crippen LogP contribution in [0.25, 0.3) is 21.7 Å². The number of hydrazone groups is 1. The average molecular weight is 465 g/mol. The summed E-state index contributed by atoms with van der Waals surface area (Å²) in [5.41, 5.74) is 2.92. The van der Waals surface area contributed by atoms with Crippen molar-refractivity contribution < 1.29 is 27.8 Å². The van der Waals surface area contributed by atoms with E-state index >= 15 is 0 Å². The van der Waals surface area contributed by atoms with Crippen molar-refractivity contribution in [1.82, 2.24) is 25.7 Å². The summed E-state index contributed by atoms with van der Waals surface area (Å²) in [6, 6.07) is 2.50. The zero-order chi connectivity index (χ0) is 22.9. The highest BCUT2D eigenvalue weighted by atomic mass is 32.1. The number of thiazole rings is 1. The second kappa shape index (κ2) is 8.39. The van der Waals surface area contributed by atoms with Gasteiger partial charge in [0.25, 0.3) is 6.41 Å². The molecule has 0 aromatic carbocycles. The molecule has 4 rings (SSSR count). The Balaban J connectivity index is 1.80. The third-order valence-electron chi connectivity index (χ3n) is 4.19. The second-order valence-electron chi connectivity index (χ2n) is 6.33. The molecule has 4 N–H and O–H groups in total. The monoisotopic (exact) mass is 465 g/mol. The number of ether oxygens (including phenoxy) is 1. The third kappa shape index (κ3) is 4.45. The van der Waals surface area contributed by atoms with Crippen LogP contribution < -0.4 is 16.1 Å². The molecule has 10 nitrogen and oxygen atoms in total. The fraction of sp³-hybridized carbons (Fsp3) is 0.167. The molecule has 2 amide bonds. The van der Waals surface area contributed by atoms with Crippen molar-refractivity contribution in [3.8, 4) is 21.7 Å². The van der Waals surface area contributed by atoms with Crippen molar-refractivity contribution in [2.24, 2.45) is 5.10 Å². The Labute approximate surface area is 182 Å². The van der Waals surface area contributed by atoms with E-state index in [-0.39, 0.29) is 16.7 Å². The van der Waals surface area contributed by atoms with Gasteiger partial charge in [0.2, 0.25) is 5.90 Å². The summed E-state index contributed by atoms with van der Waals surface area (Å²) in [6.07, 6.45) is -1.58. The molecule has 0 fully saturated rings. The van der Waals surface area contributed by atoms with Crippen LogP contribution in [0.1, 0.15) is 11.3 Å². The van der Waals surface area contributed by atoms with Crippen molar-refractivity contribution in [2.75, 3.05) is 12.4 Å². The minimum absolute atomic E-state index is 0.0756. The summed E-state index contributed by atoms with van der Waals surface area (Å²) in [6.45, 7) is 0. The lowest BCUT2D eigenvalue weighted by Gasteiger charge is -2.11. The molecule has 1 aliphatic rings. The molecule has 0 saturated heterocycles. The largest absolute Gasteiger partial charge is 0.434 e. The predicted octanol–water partition coefficient (Wildman–Crippen LogP) is 2.59. The summed E-state index contributed by atoms with van der Waals surface area (Å²) in [5, 5.41) is 19.1. The number of carbonyl (C=O) groups is 1. The lowest BCUT2D eigenvalue weighted by molar-refractivity contribution is -0.140. The summed E-state index contributed by atoms with van der Waals surface area (Å²) in [4.78, 5) is 23.6. The van der Waals surface area contributed by atoms with Crippen molar-refractivity contribution in [3.63, 3.8) is 0 Å². The summed E-state index contributed by atoms with van der Waals surface area (Å²) in [7, 11) is 1.41. The molecule has 0 saturated carbocycles. The maximum atomic E-state index is 13.1. The number of aromatic nitrogens is 3. The molecule has 4 heterocycles. The first-order chi connectivity index (χ1) is 15.2. The number of pyridine rings is 2. The molecule has 0 bridgehead atoms. The van der Waals surface area contributed by atoms with Crippen molar-refractivity contribution in [1.29, 1.82) is 0 Å². The van der Waals surface area contributed by atoms with Crippen molar-refractivity contribution in [2.45, 2.75) is 12.6 Å². The molecule has 14 heteroatoms. The van der Waals surface area contributed by atoms with E-state index in [1.807, 2.05) is 0 Å². The molecule has 3 aromatic heterocycles. The fourth-order valence-corrected chi connectivity index (χ4v) is 3.60. The third-order valence-corrected chi connectivity index (χ3v) is 5.07. The topological polar surface area (TPSA) is 134 Å². The smallest absolute Gasteiger partial charge is 0.426 e. The second-order valence-corrected chi connectivity index (χ2v) is 7.19. The highest BCUT2D eigenvalue weighted by Gasteiger charge is 2.34. The van der Waals surface area contributed by atoms with Crippen LogP contribution in [0, 0.1) is 0 Å². The highest BCUT2D eigenvalue weighted by molar-refractivity contribution is 7.13. The van der Waals surface area contributed by atoms with Crippen LogP contribution in [0.2, 0.25) is 0 Å². The van der Waals surface area contributed by atoms with Gasteiger partial charge in [-0.15, -0.1) is 16.4 Å². The number of hydrogen-bond acceptors (Lipinski definition) is 9. The number of nitrogens with one attached hydrogen (secondary N) is 3. The van der Waals surface area contributed by atoms with E-state index in [0.29, 0.717) is 22.3 Å². The summed E-state index contributed by atoms with van der Waals surface area (Å²) < 4.78 is 44.4. The SMILES string of the molecule is CNC(=O)Nc1cc(-c2nc(C(F)(F)F)cs2)c(-c2cncc(C3=NNC(O)O3)c2)cn1. The van der Waals surface area contributed by atoms with E-state index < -0.39 is 24.3 Å².